The summed E-state index contributed by atoms with van der Waals surface area (Å²) in [7, 11) is -4.32. The number of rotatable bonds is 6. The second-order valence-corrected chi connectivity index (χ2v) is 9.88. The van der Waals surface area contributed by atoms with Crippen LogP contribution in [0.4, 0.5) is 13.2 Å². The van der Waals surface area contributed by atoms with Crippen LogP contribution in [-0.4, -0.2) is 54.7 Å². The predicted molar refractivity (Wildman–Crippen MR) is 113 cm³/mol. The minimum absolute atomic E-state index is 0.0439. The Morgan fingerprint density at radius 2 is 1.53 bits per heavy atom. The van der Waals surface area contributed by atoms with Gasteiger partial charge in [-0.2, -0.15) is 13.2 Å². The van der Waals surface area contributed by atoms with E-state index < -0.39 is 32.2 Å². The van der Waals surface area contributed by atoms with E-state index in [4.69, 9.17) is 10.5 Å². The van der Waals surface area contributed by atoms with Crippen molar-refractivity contribution in [2.45, 2.75) is 28.7 Å². The van der Waals surface area contributed by atoms with Crippen molar-refractivity contribution < 1.29 is 41.1 Å². The number of alkyl halides is 3. The normalized spacial score (nSPS) is 16.1. The third-order valence-corrected chi connectivity index (χ3v) is 8.19. The molecule has 4 N–H and O–H groups in total. The first-order valence-corrected chi connectivity index (χ1v) is 11.5. The summed E-state index contributed by atoms with van der Waals surface area (Å²) in [5.41, 5.74) is 5.92. The summed E-state index contributed by atoms with van der Waals surface area (Å²) in [5.74, 6) is -1.24. The van der Waals surface area contributed by atoms with Crippen molar-refractivity contribution in [3.63, 3.8) is 0 Å². The number of likely N-dealkylation sites (tertiary alicyclic amines) is 1. The highest BCUT2D eigenvalue weighted by atomic mass is 32.2. The molecule has 2 amide bonds. The standard InChI is InChI=1S/C21H22F3N3O6S/c22-21(23,24)14-1-3-15(4-2-14)33-16-5-7-17(8-6-16)34(31,32)20(19(29)26-30)9-11-27(12-10-20)18(28)13-25/h1-8,30H,9-13,25H2,(H,26,29). The van der Waals surface area contributed by atoms with E-state index in [1.807, 2.05) is 0 Å². The first-order valence-electron chi connectivity index (χ1n) is 10.1. The van der Waals surface area contributed by atoms with Crippen LogP contribution >= 0.6 is 0 Å². The molecule has 0 unspecified atom stereocenters. The monoisotopic (exact) mass is 501 g/mol. The van der Waals surface area contributed by atoms with E-state index >= 15 is 0 Å². The summed E-state index contributed by atoms with van der Waals surface area (Å²) in [6, 6.07) is 8.94. The largest absolute Gasteiger partial charge is 0.457 e. The fraction of sp³-hybridized carbons (Fsp3) is 0.333. The van der Waals surface area contributed by atoms with Gasteiger partial charge >= 0.3 is 6.18 Å². The van der Waals surface area contributed by atoms with Crippen LogP contribution in [0.25, 0.3) is 0 Å². The molecule has 0 aromatic heterocycles. The van der Waals surface area contributed by atoms with Crippen molar-refractivity contribution in [2.24, 2.45) is 5.73 Å². The number of nitrogens with zero attached hydrogens (tertiary/aromatic N) is 1. The maximum Gasteiger partial charge on any atom is 0.416 e. The molecular formula is C21H22F3N3O6S. The number of carbonyl (C=O) groups excluding carboxylic acids is 2. The van der Waals surface area contributed by atoms with Gasteiger partial charge < -0.3 is 15.4 Å². The first kappa shape index (κ1) is 25.5. The number of nitrogens with two attached hydrogens (primary N) is 1. The third-order valence-electron chi connectivity index (χ3n) is 5.68. The Balaban J connectivity index is 1.82. The third kappa shape index (κ3) is 4.86. The smallest absolute Gasteiger partial charge is 0.416 e. The first-order chi connectivity index (χ1) is 15.9. The Labute approximate surface area is 193 Å². The molecule has 184 valence electrons. The molecule has 1 fully saturated rings. The van der Waals surface area contributed by atoms with E-state index in [0.717, 1.165) is 24.3 Å². The molecular weight excluding hydrogens is 479 g/mol. The van der Waals surface area contributed by atoms with Crippen LogP contribution in [0.1, 0.15) is 18.4 Å². The second kappa shape index (κ2) is 9.60. The van der Waals surface area contributed by atoms with Gasteiger partial charge in [-0.25, -0.2) is 13.9 Å². The zero-order valence-electron chi connectivity index (χ0n) is 17.7. The molecule has 2 aromatic rings. The molecule has 0 aliphatic carbocycles. The molecule has 1 saturated heterocycles. The number of carbonyl (C=O) groups is 2. The maximum absolute atomic E-state index is 13.4. The van der Waals surface area contributed by atoms with Crippen LogP contribution in [-0.2, 0) is 25.6 Å². The predicted octanol–water partition coefficient (Wildman–Crippen LogP) is 2.10. The number of hydrogen-bond acceptors (Lipinski definition) is 7. The molecule has 0 bridgehead atoms. The zero-order valence-corrected chi connectivity index (χ0v) is 18.5. The molecule has 1 aliphatic rings. The number of piperidine rings is 1. The minimum atomic E-state index is -4.49. The highest BCUT2D eigenvalue weighted by molar-refractivity contribution is 7.93. The lowest BCUT2D eigenvalue weighted by Gasteiger charge is -2.39. The van der Waals surface area contributed by atoms with Crippen LogP contribution in [0.5, 0.6) is 11.5 Å². The van der Waals surface area contributed by atoms with E-state index in [9.17, 15) is 36.4 Å². The van der Waals surface area contributed by atoms with Crippen LogP contribution in [0.2, 0.25) is 0 Å². The fourth-order valence-electron chi connectivity index (χ4n) is 3.73. The Hall–Kier alpha value is -3.16. The van der Waals surface area contributed by atoms with Crippen LogP contribution < -0.4 is 16.0 Å². The van der Waals surface area contributed by atoms with E-state index in [1.54, 1.807) is 0 Å². The van der Waals surface area contributed by atoms with Crippen molar-refractivity contribution in [1.82, 2.24) is 10.4 Å². The number of sulfone groups is 1. The lowest BCUT2D eigenvalue weighted by atomic mass is 9.95. The van der Waals surface area contributed by atoms with Gasteiger partial charge in [0, 0.05) is 13.1 Å². The molecule has 9 nitrogen and oxygen atoms in total. The van der Waals surface area contributed by atoms with Gasteiger partial charge in [0.05, 0.1) is 17.0 Å². The average Bonchev–Trinajstić information content (AvgIpc) is 2.83. The molecule has 0 atom stereocenters. The van der Waals surface area contributed by atoms with Crippen LogP contribution in [0.3, 0.4) is 0 Å². The number of ether oxygens (including phenoxy) is 1. The summed E-state index contributed by atoms with van der Waals surface area (Å²) in [6.07, 6.45) is -4.99. The van der Waals surface area contributed by atoms with Gasteiger partial charge in [-0.1, -0.05) is 0 Å². The van der Waals surface area contributed by atoms with Gasteiger partial charge in [0.1, 0.15) is 11.5 Å². The summed E-state index contributed by atoms with van der Waals surface area (Å²) < 4.78 is 68.3. The summed E-state index contributed by atoms with van der Waals surface area (Å²) in [4.78, 5) is 25.4. The topological polar surface area (TPSA) is 139 Å². The van der Waals surface area contributed by atoms with Crippen molar-refractivity contribution in [2.75, 3.05) is 19.6 Å². The minimum Gasteiger partial charge on any atom is -0.457 e. The molecule has 1 aliphatic heterocycles. The van der Waals surface area contributed by atoms with Gasteiger partial charge in [0.25, 0.3) is 5.91 Å². The van der Waals surface area contributed by atoms with Crippen molar-refractivity contribution in [3.05, 3.63) is 54.1 Å². The van der Waals surface area contributed by atoms with Gasteiger partial charge in [-0.3, -0.25) is 14.8 Å². The van der Waals surface area contributed by atoms with Gasteiger partial charge in [-0.15, -0.1) is 0 Å². The molecule has 34 heavy (non-hydrogen) atoms. The lowest BCUT2D eigenvalue weighted by Crippen LogP contribution is -2.58. The number of benzene rings is 2. The number of nitrogens with one attached hydrogen (secondary N) is 1. The molecule has 1 heterocycles. The fourth-order valence-corrected chi connectivity index (χ4v) is 5.68. The van der Waals surface area contributed by atoms with E-state index in [0.29, 0.717) is 0 Å². The van der Waals surface area contributed by atoms with Gasteiger partial charge in [0.2, 0.25) is 5.91 Å². The summed E-state index contributed by atoms with van der Waals surface area (Å²) in [6.45, 7) is -0.345. The Morgan fingerprint density at radius 1 is 1.03 bits per heavy atom. The highest BCUT2D eigenvalue weighted by Gasteiger charge is 2.53. The highest BCUT2D eigenvalue weighted by Crippen LogP contribution is 2.37. The molecule has 3 rings (SSSR count). The van der Waals surface area contributed by atoms with E-state index in [1.165, 1.54) is 34.6 Å². The van der Waals surface area contributed by atoms with Crippen LogP contribution in [0.15, 0.2) is 53.4 Å². The van der Waals surface area contributed by atoms with Crippen LogP contribution in [0, 0.1) is 0 Å². The molecule has 0 spiro atoms. The Morgan fingerprint density at radius 3 is 1.97 bits per heavy atom. The number of hydrogen-bond donors (Lipinski definition) is 3. The average molecular weight is 501 g/mol. The lowest BCUT2D eigenvalue weighted by molar-refractivity contribution is -0.137. The molecule has 2 aromatic carbocycles. The zero-order chi connectivity index (χ0) is 25.1. The molecule has 0 saturated carbocycles. The van der Waals surface area contributed by atoms with Gasteiger partial charge in [-0.05, 0) is 61.4 Å². The summed E-state index contributed by atoms with van der Waals surface area (Å²) >= 11 is 0. The number of amides is 2. The quantitative estimate of drug-likeness (QED) is 0.407. The van der Waals surface area contributed by atoms with Crippen molar-refractivity contribution in [1.29, 1.82) is 0 Å². The molecule has 0 radical (unpaired) electrons. The second-order valence-electron chi connectivity index (χ2n) is 7.62. The van der Waals surface area contributed by atoms with Gasteiger partial charge in [0.15, 0.2) is 14.6 Å². The van der Waals surface area contributed by atoms with E-state index in [2.05, 4.69) is 0 Å². The Kier molecular flexibility index (Phi) is 7.19. The number of halogens is 3. The SMILES string of the molecule is NCC(=O)N1CCC(C(=O)NO)(S(=O)(=O)c2ccc(Oc3ccc(C(F)(F)F)cc3)cc2)CC1. The van der Waals surface area contributed by atoms with E-state index in [-0.39, 0.29) is 54.8 Å². The molecule has 13 heteroatoms. The maximum atomic E-state index is 13.4. The van der Waals surface area contributed by atoms with Crippen molar-refractivity contribution >= 4 is 21.7 Å². The Bertz CT molecular complexity index is 1140. The number of hydroxylamine groups is 1. The van der Waals surface area contributed by atoms with Crippen molar-refractivity contribution in [3.8, 4) is 11.5 Å². The summed E-state index contributed by atoms with van der Waals surface area (Å²) in [5, 5.41) is 9.21.